The second-order valence-corrected chi connectivity index (χ2v) is 2.95. The lowest BCUT2D eigenvalue weighted by Crippen LogP contribution is -2.34. The number of primary amides is 1. The first-order chi connectivity index (χ1) is 7.97. The van der Waals surface area contributed by atoms with Gasteiger partial charge < -0.3 is 15.2 Å². The molecule has 1 atom stereocenters. The van der Waals surface area contributed by atoms with Gasteiger partial charge in [0.2, 0.25) is 0 Å². The monoisotopic (exact) mass is 246 g/mol. The molecule has 94 valence electrons. The largest absolute Gasteiger partial charge is 0.447 e. The molecule has 1 aliphatic heterocycles. The third kappa shape index (κ3) is 5.94. The summed E-state index contributed by atoms with van der Waals surface area (Å²) in [5, 5.41) is 0. The van der Waals surface area contributed by atoms with Crippen LogP contribution >= 0.6 is 0 Å². The molecule has 0 aliphatic carbocycles. The van der Waals surface area contributed by atoms with E-state index in [0.29, 0.717) is 13.2 Å². The van der Waals surface area contributed by atoms with E-state index < -0.39 is 23.2 Å². The highest BCUT2D eigenvalue weighted by Gasteiger charge is 2.23. The number of ether oxygens (including phenoxy) is 2. The van der Waals surface area contributed by atoms with Gasteiger partial charge in [-0.05, 0) is 0 Å². The zero-order chi connectivity index (χ0) is 12.8. The van der Waals surface area contributed by atoms with Crippen molar-refractivity contribution >= 4 is 6.09 Å². The first-order valence-corrected chi connectivity index (χ1v) is 4.44. The van der Waals surface area contributed by atoms with Gasteiger partial charge in [-0.25, -0.2) is 19.2 Å². The number of hydrogen-bond donors (Lipinski definition) is 4. The van der Waals surface area contributed by atoms with Crippen molar-refractivity contribution in [1.82, 2.24) is 15.0 Å². The van der Waals surface area contributed by atoms with Crippen molar-refractivity contribution in [1.29, 1.82) is 0 Å². The summed E-state index contributed by atoms with van der Waals surface area (Å²) in [6.45, 7) is 0.989. The van der Waals surface area contributed by atoms with Crippen molar-refractivity contribution in [3.8, 4) is 0 Å². The second-order valence-electron chi connectivity index (χ2n) is 2.95. The van der Waals surface area contributed by atoms with Crippen molar-refractivity contribution in [3.63, 3.8) is 0 Å². The first kappa shape index (κ1) is 12.7. The summed E-state index contributed by atoms with van der Waals surface area (Å²) in [6, 6.07) is 0. The maximum absolute atomic E-state index is 10.2. The minimum absolute atomic E-state index is 0.113. The number of nitrogens with two attached hydrogens (primary N) is 1. The zero-order valence-electron chi connectivity index (χ0n) is 8.52. The highest BCUT2D eigenvalue weighted by Crippen LogP contribution is 2.07. The number of hydrogen-bond acceptors (Lipinski definition) is 6. The van der Waals surface area contributed by atoms with E-state index in [0.717, 1.165) is 0 Å². The lowest BCUT2D eigenvalue weighted by Gasteiger charge is -1.93. The number of aromatic nitrogens is 3. The number of carbonyl (C=O) groups excluding carboxylic acids is 1. The summed E-state index contributed by atoms with van der Waals surface area (Å²) >= 11 is 0. The fraction of sp³-hybridized carbons (Fsp3) is 0.429. The molecule has 2 rings (SSSR count). The van der Waals surface area contributed by atoms with Gasteiger partial charge in [0.15, 0.2) is 0 Å². The van der Waals surface area contributed by atoms with E-state index in [1.165, 1.54) is 0 Å². The Bertz CT molecular complexity index is 460. The molecule has 0 saturated carbocycles. The Morgan fingerprint density at radius 1 is 1.24 bits per heavy atom. The van der Waals surface area contributed by atoms with Gasteiger partial charge in [0.05, 0.1) is 6.61 Å². The van der Waals surface area contributed by atoms with E-state index in [1.807, 2.05) is 0 Å². The van der Waals surface area contributed by atoms with E-state index >= 15 is 0 Å². The Morgan fingerprint density at radius 3 is 1.94 bits per heavy atom. The molecular formula is C7H10N4O6. The molecular weight excluding hydrogens is 236 g/mol. The molecule has 0 aromatic carbocycles. The second kappa shape index (κ2) is 5.65. The average Bonchev–Trinajstić information content (AvgIpc) is 2.96. The maximum Gasteiger partial charge on any atom is 0.404 e. The molecule has 1 aromatic rings. The van der Waals surface area contributed by atoms with Crippen LogP contribution in [0.25, 0.3) is 0 Å². The highest BCUT2D eigenvalue weighted by molar-refractivity contribution is 5.64. The van der Waals surface area contributed by atoms with Crippen LogP contribution in [0.5, 0.6) is 0 Å². The van der Waals surface area contributed by atoms with E-state index in [2.05, 4.69) is 10.5 Å². The molecule has 5 N–H and O–H groups in total. The summed E-state index contributed by atoms with van der Waals surface area (Å²) in [6.07, 6.45) is -0.622. The summed E-state index contributed by atoms with van der Waals surface area (Å²) in [5.74, 6) is 0. The number of H-pyrrole nitrogens is 3. The van der Waals surface area contributed by atoms with Crippen LogP contribution in [-0.4, -0.2) is 40.4 Å². The molecule has 0 bridgehead atoms. The standard InChI is InChI=1S/C4H7NO3.C3H3N3O3/c5-4(6)8-2-3-1-7-3;7-1-4-2(8)6-3(9)5-1/h3H,1-2H2,(H2,5,6);(H3,4,5,6,7,8,9). The molecule has 0 spiro atoms. The van der Waals surface area contributed by atoms with Crippen LogP contribution in [0.3, 0.4) is 0 Å². The first-order valence-electron chi connectivity index (χ1n) is 4.44. The van der Waals surface area contributed by atoms with Crippen LogP contribution in [0.4, 0.5) is 4.79 Å². The molecule has 1 unspecified atom stereocenters. The molecule has 1 saturated heterocycles. The van der Waals surface area contributed by atoms with E-state index in [1.54, 1.807) is 15.0 Å². The number of aromatic amines is 3. The average molecular weight is 246 g/mol. The summed E-state index contributed by atoms with van der Waals surface area (Å²) in [7, 11) is 0. The van der Waals surface area contributed by atoms with Gasteiger partial charge in [-0.1, -0.05) is 0 Å². The van der Waals surface area contributed by atoms with Gasteiger partial charge in [0, 0.05) is 0 Å². The van der Waals surface area contributed by atoms with Crippen LogP contribution in [0.15, 0.2) is 14.4 Å². The van der Waals surface area contributed by atoms with Crippen molar-refractivity contribution < 1.29 is 14.3 Å². The van der Waals surface area contributed by atoms with E-state index in [4.69, 9.17) is 4.74 Å². The molecule has 1 fully saturated rings. The van der Waals surface area contributed by atoms with Gasteiger partial charge in [-0.15, -0.1) is 0 Å². The predicted molar refractivity (Wildman–Crippen MR) is 53.6 cm³/mol. The van der Waals surface area contributed by atoms with Crippen LogP contribution in [0, 0.1) is 0 Å². The zero-order valence-corrected chi connectivity index (χ0v) is 8.52. The Labute approximate surface area is 92.8 Å². The molecule has 17 heavy (non-hydrogen) atoms. The Morgan fingerprint density at radius 2 is 1.65 bits per heavy atom. The van der Waals surface area contributed by atoms with Crippen LogP contribution < -0.4 is 22.8 Å². The molecule has 0 radical (unpaired) electrons. The maximum atomic E-state index is 10.2. The number of epoxide rings is 1. The van der Waals surface area contributed by atoms with Gasteiger partial charge in [0.1, 0.15) is 12.7 Å². The van der Waals surface area contributed by atoms with Gasteiger partial charge >= 0.3 is 23.2 Å². The third-order valence-electron chi connectivity index (χ3n) is 1.50. The SMILES string of the molecule is NC(=O)OCC1CO1.O=c1[nH]c(=O)[nH]c(=O)[nH]1. The summed E-state index contributed by atoms with van der Waals surface area (Å²) < 4.78 is 9.11. The highest BCUT2D eigenvalue weighted by atomic mass is 16.6. The predicted octanol–water partition coefficient (Wildman–Crippen LogP) is -2.77. The topological polar surface area (TPSA) is 163 Å². The minimum Gasteiger partial charge on any atom is -0.447 e. The summed E-state index contributed by atoms with van der Waals surface area (Å²) in [5.41, 5.74) is 2.25. The lowest BCUT2D eigenvalue weighted by atomic mass is 10.5. The van der Waals surface area contributed by atoms with Crippen molar-refractivity contribution in [2.24, 2.45) is 5.73 Å². The molecule has 2 heterocycles. The van der Waals surface area contributed by atoms with Crippen LogP contribution in [-0.2, 0) is 9.47 Å². The summed E-state index contributed by atoms with van der Waals surface area (Å²) in [4.78, 5) is 45.8. The number of amides is 1. The Balaban J connectivity index is 0.000000171. The molecule has 1 aromatic heterocycles. The van der Waals surface area contributed by atoms with Crippen LogP contribution in [0.1, 0.15) is 0 Å². The molecule has 1 aliphatic rings. The fourth-order valence-corrected chi connectivity index (χ4v) is 0.742. The Kier molecular flexibility index (Phi) is 4.22. The quantitative estimate of drug-likeness (QED) is 0.412. The molecule has 10 heteroatoms. The normalized spacial score (nSPS) is 16.6. The molecule has 10 nitrogen and oxygen atoms in total. The Hall–Kier alpha value is -2.36. The molecule has 1 amide bonds. The van der Waals surface area contributed by atoms with Crippen molar-refractivity contribution in [3.05, 3.63) is 31.5 Å². The lowest BCUT2D eigenvalue weighted by molar-refractivity contribution is 0.146. The third-order valence-corrected chi connectivity index (χ3v) is 1.50. The van der Waals surface area contributed by atoms with Crippen LogP contribution in [0.2, 0.25) is 0 Å². The number of carbonyl (C=O) groups is 1. The fourth-order valence-electron chi connectivity index (χ4n) is 0.742. The van der Waals surface area contributed by atoms with E-state index in [9.17, 15) is 19.2 Å². The smallest absolute Gasteiger partial charge is 0.404 e. The van der Waals surface area contributed by atoms with Gasteiger partial charge in [-0.2, -0.15) is 0 Å². The van der Waals surface area contributed by atoms with Gasteiger partial charge in [-0.3, -0.25) is 15.0 Å². The number of nitrogens with one attached hydrogen (secondary N) is 3. The van der Waals surface area contributed by atoms with E-state index in [-0.39, 0.29) is 6.10 Å². The van der Waals surface area contributed by atoms with Gasteiger partial charge in [0.25, 0.3) is 0 Å². The van der Waals surface area contributed by atoms with Crippen molar-refractivity contribution in [2.45, 2.75) is 6.10 Å². The number of rotatable bonds is 2. The minimum atomic E-state index is -0.802. The van der Waals surface area contributed by atoms with Crippen molar-refractivity contribution in [2.75, 3.05) is 13.2 Å².